The van der Waals surface area contributed by atoms with Crippen LogP contribution < -0.4 is 16.4 Å². The van der Waals surface area contributed by atoms with E-state index in [4.69, 9.17) is 10.2 Å². The van der Waals surface area contributed by atoms with E-state index in [1.807, 2.05) is 32.9 Å². The average molecular weight is 301 g/mol. The predicted octanol–water partition coefficient (Wildman–Crippen LogP) is 2.88. The Bertz CT molecular complexity index is 706. The van der Waals surface area contributed by atoms with E-state index >= 15 is 0 Å². The molecule has 0 radical (unpaired) electrons. The van der Waals surface area contributed by atoms with Crippen LogP contribution in [0.4, 0.5) is 10.5 Å². The van der Waals surface area contributed by atoms with Gasteiger partial charge in [0.15, 0.2) is 0 Å². The second-order valence-corrected chi connectivity index (χ2v) is 5.16. The summed E-state index contributed by atoms with van der Waals surface area (Å²) in [5.74, 6) is 0.923. The summed E-state index contributed by atoms with van der Waals surface area (Å²) in [4.78, 5) is 23.3. The number of nitrogens with one attached hydrogen (secondary N) is 2. The van der Waals surface area contributed by atoms with E-state index in [0.717, 1.165) is 11.3 Å². The monoisotopic (exact) mass is 301 g/mol. The van der Waals surface area contributed by atoms with E-state index < -0.39 is 5.91 Å². The third-order valence-electron chi connectivity index (χ3n) is 3.31. The number of urea groups is 1. The number of nitrogens with two attached hydrogens (primary N) is 1. The molecule has 1 heterocycles. The number of aryl methyl sites for hydroxylation is 2. The van der Waals surface area contributed by atoms with Crippen molar-refractivity contribution in [3.8, 4) is 0 Å². The summed E-state index contributed by atoms with van der Waals surface area (Å²) in [6, 6.07) is 7.91. The lowest BCUT2D eigenvalue weighted by molar-refractivity contribution is 0.1000. The summed E-state index contributed by atoms with van der Waals surface area (Å²) in [6.07, 6.45) is 0. The molecule has 0 aliphatic heterocycles. The number of hydrogen-bond donors (Lipinski definition) is 3. The number of rotatable bonds is 4. The van der Waals surface area contributed by atoms with Gasteiger partial charge in [0.05, 0.1) is 6.04 Å². The van der Waals surface area contributed by atoms with Crippen LogP contribution in [0, 0.1) is 13.8 Å². The van der Waals surface area contributed by atoms with Crippen molar-refractivity contribution < 1.29 is 14.0 Å². The highest BCUT2D eigenvalue weighted by atomic mass is 16.3. The molecule has 1 unspecified atom stereocenters. The summed E-state index contributed by atoms with van der Waals surface area (Å²) in [5.41, 5.74) is 6.96. The quantitative estimate of drug-likeness (QED) is 0.810. The third kappa shape index (κ3) is 3.66. The van der Waals surface area contributed by atoms with Crippen molar-refractivity contribution in [2.24, 2.45) is 5.73 Å². The molecular formula is C16H19N3O3. The Hall–Kier alpha value is -2.76. The summed E-state index contributed by atoms with van der Waals surface area (Å²) in [7, 11) is 0. The van der Waals surface area contributed by atoms with Crippen molar-refractivity contribution in [2.75, 3.05) is 5.32 Å². The minimum atomic E-state index is -0.539. The van der Waals surface area contributed by atoms with E-state index in [-0.39, 0.29) is 12.1 Å². The van der Waals surface area contributed by atoms with Crippen LogP contribution in [-0.2, 0) is 0 Å². The van der Waals surface area contributed by atoms with Gasteiger partial charge in [-0.15, -0.1) is 0 Å². The molecule has 0 spiro atoms. The van der Waals surface area contributed by atoms with Crippen LogP contribution in [0.25, 0.3) is 0 Å². The first-order valence-electron chi connectivity index (χ1n) is 6.91. The number of anilines is 1. The molecule has 2 rings (SSSR count). The first-order chi connectivity index (χ1) is 10.4. The molecule has 22 heavy (non-hydrogen) atoms. The number of benzene rings is 1. The van der Waals surface area contributed by atoms with Gasteiger partial charge in [-0.3, -0.25) is 4.79 Å². The number of primary amides is 1. The lowest BCUT2D eigenvalue weighted by Gasteiger charge is -2.14. The molecule has 0 aliphatic rings. The van der Waals surface area contributed by atoms with Gasteiger partial charge >= 0.3 is 6.03 Å². The molecule has 4 N–H and O–H groups in total. The second kappa shape index (κ2) is 6.34. The summed E-state index contributed by atoms with van der Waals surface area (Å²) >= 11 is 0. The molecule has 6 nitrogen and oxygen atoms in total. The molecule has 6 heteroatoms. The van der Waals surface area contributed by atoms with Gasteiger partial charge in [0.2, 0.25) is 5.91 Å². The van der Waals surface area contributed by atoms with Gasteiger partial charge in [-0.25, -0.2) is 4.79 Å². The van der Waals surface area contributed by atoms with Crippen molar-refractivity contribution in [3.63, 3.8) is 0 Å². The van der Waals surface area contributed by atoms with E-state index in [0.29, 0.717) is 17.0 Å². The van der Waals surface area contributed by atoms with Gasteiger partial charge in [0.25, 0.3) is 0 Å². The Kier molecular flexibility index (Phi) is 4.50. The maximum absolute atomic E-state index is 12.1. The highest BCUT2D eigenvalue weighted by Crippen LogP contribution is 2.18. The molecule has 1 aromatic carbocycles. The van der Waals surface area contributed by atoms with Crippen molar-refractivity contribution in [2.45, 2.75) is 26.8 Å². The average Bonchev–Trinajstić information content (AvgIpc) is 2.87. The zero-order valence-corrected chi connectivity index (χ0v) is 12.8. The van der Waals surface area contributed by atoms with E-state index in [1.165, 1.54) is 0 Å². The third-order valence-corrected chi connectivity index (χ3v) is 3.31. The number of hydrogen-bond acceptors (Lipinski definition) is 3. The van der Waals surface area contributed by atoms with Crippen LogP contribution in [0.1, 0.15) is 40.4 Å². The Morgan fingerprint density at radius 3 is 2.50 bits per heavy atom. The Morgan fingerprint density at radius 2 is 1.91 bits per heavy atom. The predicted molar refractivity (Wildman–Crippen MR) is 83.7 cm³/mol. The Labute approximate surface area is 128 Å². The number of carbonyl (C=O) groups excluding carboxylic acids is 2. The lowest BCUT2D eigenvalue weighted by atomic mass is 10.1. The fourth-order valence-electron chi connectivity index (χ4n) is 2.02. The standard InChI is InChI=1S/C16H19N3O3/c1-9-4-6-12(15(17)20)8-13(9)19-16(21)18-11(3)14-7-5-10(2)22-14/h4-8,11H,1-3H3,(H2,17,20)(H2,18,19,21). The van der Waals surface area contributed by atoms with Crippen LogP contribution in [0.15, 0.2) is 34.7 Å². The van der Waals surface area contributed by atoms with Crippen molar-refractivity contribution in [1.82, 2.24) is 5.32 Å². The van der Waals surface area contributed by atoms with Crippen LogP contribution in [0.3, 0.4) is 0 Å². The highest BCUT2D eigenvalue weighted by Gasteiger charge is 2.14. The smallest absolute Gasteiger partial charge is 0.319 e. The molecule has 0 saturated heterocycles. The molecule has 0 bridgehead atoms. The van der Waals surface area contributed by atoms with Gasteiger partial charge in [-0.2, -0.15) is 0 Å². The largest absolute Gasteiger partial charge is 0.464 e. The normalized spacial score (nSPS) is 11.8. The first kappa shape index (κ1) is 15.6. The maximum atomic E-state index is 12.1. The minimum absolute atomic E-state index is 0.270. The van der Waals surface area contributed by atoms with Gasteiger partial charge in [-0.1, -0.05) is 6.07 Å². The second-order valence-electron chi connectivity index (χ2n) is 5.16. The summed E-state index contributed by atoms with van der Waals surface area (Å²) in [6.45, 7) is 5.50. The molecule has 1 aromatic heterocycles. The van der Waals surface area contributed by atoms with Crippen molar-refractivity contribution >= 4 is 17.6 Å². The zero-order chi connectivity index (χ0) is 16.3. The van der Waals surface area contributed by atoms with Gasteiger partial charge in [0.1, 0.15) is 11.5 Å². The lowest BCUT2D eigenvalue weighted by Crippen LogP contribution is -2.31. The zero-order valence-electron chi connectivity index (χ0n) is 12.8. The molecular weight excluding hydrogens is 282 g/mol. The van der Waals surface area contributed by atoms with Crippen LogP contribution >= 0.6 is 0 Å². The number of amides is 3. The van der Waals surface area contributed by atoms with Crippen LogP contribution in [0.2, 0.25) is 0 Å². The maximum Gasteiger partial charge on any atom is 0.319 e. The molecule has 0 fully saturated rings. The van der Waals surface area contributed by atoms with E-state index in [1.54, 1.807) is 18.2 Å². The Balaban J connectivity index is 2.05. The van der Waals surface area contributed by atoms with E-state index in [9.17, 15) is 9.59 Å². The van der Waals surface area contributed by atoms with Crippen LogP contribution in [-0.4, -0.2) is 11.9 Å². The van der Waals surface area contributed by atoms with Crippen LogP contribution in [0.5, 0.6) is 0 Å². The molecule has 0 aliphatic carbocycles. The molecule has 0 saturated carbocycles. The summed E-state index contributed by atoms with van der Waals surface area (Å²) < 4.78 is 5.47. The first-order valence-corrected chi connectivity index (χ1v) is 6.91. The topological polar surface area (TPSA) is 97.4 Å². The van der Waals surface area contributed by atoms with Gasteiger partial charge in [-0.05, 0) is 50.6 Å². The van der Waals surface area contributed by atoms with Crippen molar-refractivity contribution in [1.29, 1.82) is 0 Å². The fraction of sp³-hybridized carbons (Fsp3) is 0.250. The molecule has 116 valence electrons. The molecule has 3 amide bonds. The van der Waals surface area contributed by atoms with E-state index in [2.05, 4.69) is 10.6 Å². The van der Waals surface area contributed by atoms with Crippen molar-refractivity contribution in [3.05, 3.63) is 53.0 Å². The summed E-state index contributed by atoms with van der Waals surface area (Å²) in [5, 5.41) is 5.49. The minimum Gasteiger partial charge on any atom is -0.464 e. The molecule has 1 atom stereocenters. The fourth-order valence-corrected chi connectivity index (χ4v) is 2.02. The SMILES string of the molecule is Cc1ccc(C(C)NC(=O)Nc2cc(C(N)=O)ccc2C)o1. The Morgan fingerprint density at radius 1 is 1.18 bits per heavy atom. The highest BCUT2D eigenvalue weighted by molar-refractivity contribution is 5.96. The molecule has 2 aromatic rings. The number of furan rings is 1. The van der Waals surface area contributed by atoms with Gasteiger partial charge < -0.3 is 20.8 Å². The number of carbonyl (C=O) groups is 2. The van der Waals surface area contributed by atoms with Gasteiger partial charge in [0, 0.05) is 11.3 Å².